The Labute approximate surface area is 182 Å². The highest BCUT2D eigenvalue weighted by Gasteiger charge is 2.24. The maximum Gasteiger partial charge on any atom is 0.253 e. The van der Waals surface area contributed by atoms with Crippen LogP contribution in [-0.2, 0) is 0 Å². The number of nitrogens with zero attached hydrogens (tertiary/aromatic N) is 3. The van der Waals surface area contributed by atoms with Crippen LogP contribution in [0.4, 0.5) is 5.13 Å². The lowest BCUT2D eigenvalue weighted by Gasteiger charge is -2.34. The molecule has 5 nitrogen and oxygen atoms in total. The molecule has 4 rings (SSSR count). The van der Waals surface area contributed by atoms with Gasteiger partial charge in [0.1, 0.15) is 5.75 Å². The largest absolute Gasteiger partial charge is 0.494 e. The number of aromatic nitrogens is 1. The first-order valence-electron chi connectivity index (χ1n) is 10.7. The van der Waals surface area contributed by atoms with E-state index in [1.807, 2.05) is 29.2 Å². The molecule has 0 aliphatic carbocycles. The second-order valence-corrected chi connectivity index (χ2v) is 8.86. The standard InChI is InChI=1S/C24H29N3O2S/c1-4-5-16-29-20-10-8-19(9-11-20)23(28)26-12-14-27(15-13-26)24-25-21-17(2)6-7-18(3)22(21)30-24/h6-11H,4-5,12-16H2,1-3H3. The van der Waals surface area contributed by atoms with Crippen molar-refractivity contribution in [3.05, 3.63) is 53.1 Å². The third-order valence-corrected chi connectivity index (χ3v) is 6.89. The zero-order valence-electron chi connectivity index (χ0n) is 18.0. The fourth-order valence-electron chi connectivity index (χ4n) is 3.69. The van der Waals surface area contributed by atoms with Gasteiger partial charge in [0.25, 0.3) is 5.91 Å². The van der Waals surface area contributed by atoms with E-state index >= 15 is 0 Å². The molecule has 1 saturated heterocycles. The topological polar surface area (TPSA) is 45.7 Å². The highest BCUT2D eigenvalue weighted by molar-refractivity contribution is 7.22. The number of ether oxygens (including phenoxy) is 1. The zero-order chi connectivity index (χ0) is 21.1. The Kier molecular flexibility index (Phi) is 6.23. The van der Waals surface area contributed by atoms with Crippen LogP contribution in [0.5, 0.6) is 5.75 Å². The average molecular weight is 424 g/mol. The first kappa shape index (κ1) is 20.7. The van der Waals surface area contributed by atoms with Gasteiger partial charge in [0.2, 0.25) is 0 Å². The second-order valence-electron chi connectivity index (χ2n) is 7.88. The van der Waals surface area contributed by atoms with Crippen molar-refractivity contribution < 1.29 is 9.53 Å². The molecule has 2 heterocycles. The molecule has 0 N–H and O–H groups in total. The molecule has 1 aliphatic rings. The van der Waals surface area contributed by atoms with Crippen LogP contribution in [0.15, 0.2) is 36.4 Å². The van der Waals surface area contributed by atoms with E-state index < -0.39 is 0 Å². The predicted octanol–water partition coefficient (Wildman–Crippen LogP) is 5.05. The Balaban J connectivity index is 1.38. The minimum absolute atomic E-state index is 0.0887. The first-order chi connectivity index (χ1) is 14.6. The summed E-state index contributed by atoms with van der Waals surface area (Å²) in [6, 6.07) is 11.8. The van der Waals surface area contributed by atoms with Gasteiger partial charge in [0.05, 0.1) is 16.8 Å². The summed E-state index contributed by atoms with van der Waals surface area (Å²) in [5, 5.41) is 1.06. The minimum atomic E-state index is 0.0887. The number of fused-ring (bicyclic) bond motifs is 1. The first-order valence-corrected chi connectivity index (χ1v) is 11.5. The molecule has 0 atom stereocenters. The minimum Gasteiger partial charge on any atom is -0.494 e. The Hall–Kier alpha value is -2.60. The van der Waals surface area contributed by atoms with Gasteiger partial charge in [0.15, 0.2) is 5.13 Å². The van der Waals surface area contributed by atoms with Crippen LogP contribution in [0.1, 0.15) is 41.3 Å². The van der Waals surface area contributed by atoms with Crippen LogP contribution in [0.3, 0.4) is 0 Å². The molecule has 30 heavy (non-hydrogen) atoms. The Morgan fingerprint density at radius 2 is 1.73 bits per heavy atom. The molecule has 2 aromatic carbocycles. The Bertz CT molecular complexity index is 982. The van der Waals surface area contributed by atoms with Crippen LogP contribution in [0.25, 0.3) is 10.2 Å². The summed E-state index contributed by atoms with van der Waals surface area (Å²) >= 11 is 1.76. The molecule has 1 fully saturated rings. The van der Waals surface area contributed by atoms with Gasteiger partial charge >= 0.3 is 0 Å². The monoisotopic (exact) mass is 423 g/mol. The van der Waals surface area contributed by atoms with Crippen molar-refractivity contribution in [1.29, 1.82) is 0 Å². The smallest absolute Gasteiger partial charge is 0.253 e. The van der Waals surface area contributed by atoms with Gasteiger partial charge in [-0.05, 0) is 55.7 Å². The lowest BCUT2D eigenvalue weighted by atomic mass is 10.1. The predicted molar refractivity (Wildman–Crippen MR) is 124 cm³/mol. The van der Waals surface area contributed by atoms with Gasteiger partial charge in [-0.3, -0.25) is 4.79 Å². The number of carbonyl (C=O) groups is 1. The molecule has 1 amide bonds. The van der Waals surface area contributed by atoms with Crippen molar-refractivity contribution in [2.75, 3.05) is 37.7 Å². The summed E-state index contributed by atoms with van der Waals surface area (Å²) in [5.41, 5.74) is 4.32. The summed E-state index contributed by atoms with van der Waals surface area (Å²) in [4.78, 5) is 22.0. The van der Waals surface area contributed by atoms with E-state index in [-0.39, 0.29) is 5.91 Å². The van der Waals surface area contributed by atoms with Crippen LogP contribution < -0.4 is 9.64 Å². The fraction of sp³-hybridized carbons (Fsp3) is 0.417. The Morgan fingerprint density at radius 3 is 2.40 bits per heavy atom. The normalized spacial score (nSPS) is 14.4. The average Bonchev–Trinajstić information content (AvgIpc) is 3.24. The number of hydrogen-bond donors (Lipinski definition) is 0. The number of thiazole rings is 1. The molecule has 0 saturated carbocycles. The summed E-state index contributed by atoms with van der Waals surface area (Å²) in [6.45, 7) is 10.1. The molecule has 6 heteroatoms. The summed E-state index contributed by atoms with van der Waals surface area (Å²) in [6.07, 6.45) is 2.15. The number of aryl methyl sites for hydroxylation is 2. The molecular weight excluding hydrogens is 394 g/mol. The highest BCUT2D eigenvalue weighted by atomic mass is 32.1. The van der Waals surface area contributed by atoms with Gasteiger partial charge in [-0.1, -0.05) is 36.8 Å². The quantitative estimate of drug-likeness (QED) is 0.520. The van der Waals surface area contributed by atoms with Gasteiger partial charge in [-0.2, -0.15) is 0 Å². The number of benzene rings is 2. The summed E-state index contributed by atoms with van der Waals surface area (Å²) < 4.78 is 6.96. The van der Waals surface area contributed by atoms with E-state index in [2.05, 4.69) is 37.8 Å². The molecule has 0 unspecified atom stereocenters. The zero-order valence-corrected chi connectivity index (χ0v) is 18.8. The number of anilines is 1. The third kappa shape index (κ3) is 4.29. The van der Waals surface area contributed by atoms with Gasteiger partial charge in [-0.25, -0.2) is 4.98 Å². The molecule has 158 valence electrons. The van der Waals surface area contributed by atoms with Gasteiger partial charge < -0.3 is 14.5 Å². The van der Waals surface area contributed by atoms with Gasteiger partial charge in [0, 0.05) is 31.7 Å². The van der Waals surface area contributed by atoms with Crippen molar-refractivity contribution >= 4 is 32.6 Å². The van der Waals surface area contributed by atoms with Crippen molar-refractivity contribution in [3.63, 3.8) is 0 Å². The lowest BCUT2D eigenvalue weighted by molar-refractivity contribution is 0.0746. The number of unbranched alkanes of at least 4 members (excludes halogenated alkanes) is 1. The molecule has 0 radical (unpaired) electrons. The Morgan fingerprint density at radius 1 is 1.03 bits per heavy atom. The van der Waals surface area contributed by atoms with E-state index in [0.717, 1.165) is 54.5 Å². The summed E-state index contributed by atoms with van der Waals surface area (Å²) in [5.74, 6) is 0.914. The maximum absolute atomic E-state index is 12.9. The van der Waals surface area contributed by atoms with E-state index in [0.29, 0.717) is 13.1 Å². The number of piperazine rings is 1. The SMILES string of the molecule is CCCCOc1ccc(C(=O)N2CCN(c3nc4c(C)ccc(C)c4s3)CC2)cc1. The van der Waals surface area contributed by atoms with Crippen molar-refractivity contribution in [3.8, 4) is 5.75 Å². The number of hydrogen-bond acceptors (Lipinski definition) is 5. The van der Waals surface area contributed by atoms with Gasteiger partial charge in [-0.15, -0.1) is 0 Å². The van der Waals surface area contributed by atoms with E-state index in [9.17, 15) is 4.79 Å². The van der Waals surface area contributed by atoms with Crippen molar-refractivity contribution in [2.45, 2.75) is 33.6 Å². The van der Waals surface area contributed by atoms with Crippen LogP contribution in [-0.4, -0.2) is 48.6 Å². The molecular formula is C24H29N3O2S. The van der Waals surface area contributed by atoms with Crippen molar-refractivity contribution in [2.24, 2.45) is 0 Å². The molecule has 3 aromatic rings. The molecule has 1 aliphatic heterocycles. The fourth-order valence-corrected chi connectivity index (χ4v) is 4.86. The third-order valence-electron chi connectivity index (χ3n) is 5.64. The second kappa shape index (κ2) is 9.04. The lowest BCUT2D eigenvalue weighted by Crippen LogP contribution is -2.48. The number of rotatable bonds is 6. The maximum atomic E-state index is 12.9. The highest BCUT2D eigenvalue weighted by Crippen LogP contribution is 2.33. The molecule has 1 aromatic heterocycles. The molecule has 0 spiro atoms. The van der Waals surface area contributed by atoms with E-state index in [1.165, 1.54) is 15.8 Å². The molecule has 0 bridgehead atoms. The van der Waals surface area contributed by atoms with Crippen LogP contribution >= 0.6 is 11.3 Å². The summed E-state index contributed by atoms with van der Waals surface area (Å²) in [7, 11) is 0. The van der Waals surface area contributed by atoms with E-state index in [4.69, 9.17) is 9.72 Å². The number of carbonyl (C=O) groups excluding carboxylic acids is 1. The van der Waals surface area contributed by atoms with E-state index in [1.54, 1.807) is 11.3 Å². The van der Waals surface area contributed by atoms with Crippen molar-refractivity contribution in [1.82, 2.24) is 9.88 Å². The van der Waals surface area contributed by atoms with Crippen LogP contribution in [0, 0.1) is 13.8 Å². The number of amides is 1. The van der Waals surface area contributed by atoms with Crippen LogP contribution in [0.2, 0.25) is 0 Å².